The number of aryl methyl sites for hydroxylation is 1. The minimum absolute atomic E-state index is 0.0665. The molecule has 0 unspecified atom stereocenters. The van der Waals surface area contributed by atoms with Crippen LogP contribution >= 0.6 is 0 Å². The number of aromatic nitrogens is 2. The molecule has 0 spiro atoms. The quantitative estimate of drug-likeness (QED) is 0.178. The highest BCUT2D eigenvalue weighted by molar-refractivity contribution is 5.92. The van der Waals surface area contributed by atoms with Crippen LogP contribution in [0.3, 0.4) is 0 Å². The summed E-state index contributed by atoms with van der Waals surface area (Å²) in [5, 5.41) is 7.53. The van der Waals surface area contributed by atoms with Crippen molar-refractivity contribution in [3.63, 3.8) is 0 Å². The Labute approximate surface area is 254 Å². The van der Waals surface area contributed by atoms with Crippen LogP contribution in [0.2, 0.25) is 0 Å². The van der Waals surface area contributed by atoms with E-state index in [4.69, 9.17) is 14.5 Å². The van der Waals surface area contributed by atoms with Gasteiger partial charge in [-0.15, -0.1) is 0 Å². The fourth-order valence-corrected chi connectivity index (χ4v) is 4.81. The van der Waals surface area contributed by atoms with E-state index in [-0.39, 0.29) is 23.8 Å². The summed E-state index contributed by atoms with van der Waals surface area (Å²) in [6, 6.07) is 24.0. The first-order chi connectivity index (χ1) is 21.3. The van der Waals surface area contributed by atoms with Crippen LogP contribution < -0.4 is 20.3 Å². The summed E-state index contributed by atoms with van der Waals surface area (Å²) in [6.45, 7) is 8.25. The largest absolute Gasteiger partial charge is 0.494 e. The minimum atomic E-state index is -0.540. The maximum atomic E-state index is 14.0. The number of amides is 1. The van der Waals surface area contributed by atoms with Crippen LogP contribution in [0.25, 0.3) is 22.3 Å². The molecule has 224 valence electrons. The Morgan fingerprint density at radius 3 is 2.50 bits per heavy atom. The monoisotopic (exact) mass is 592 g/mol. The maximum Gasteiger partial charge on any atom is 0.282 e. The van der Waals surface area contributed by atoms with Crippen LogP contribution in [0, 0.1) is 12.7 Å². The number of hydrogen-bond acceptors (Lipinski definition) is 6. The van der Waals surface area contributed by atoms with Crippen molar-refractivity contribution < 1.29 is 18.7 Å². The van der Waals surface area contributed by atoms with E-state index in [1.54, 1.807) is 54.6 Å². The summed E-state index contributed by atoms with van der Waals surface area (Å²) in [5.74, 6) is 0.650. The first-order valence-corrected chi connectivity index (χ1v) is 14.4. The number of rotatable bonds is 10. The van der Waals surface area contributed by atoms with Crippen molar-refractivity contribution in [2.75, 3.05) is 18.5 Å². The average Bonchev–Trinajstić information content (AvgIpc) is 3.01. The van der Waals surface area contributed by atoms with E-state index in [2.05, 4.69) is 24.3 Å². The first kappa shape index (κ1) is 30.2. The number of benzene rings is 4. The lowest BCUT2D eigenvalue weighted by Gasteiger charge is -2.18. The standard InChI is InChI=1S/C35H33FN4O4/c1-5-43-32-18-23(4)27(19-26(32)22(2)3)34-39-29-15-9-7-13-25(29)35(42)40(34)37-20-24-12-6-11-17-31(24)44-21-33(41)38-30-16-10-8-14-28(30)36/h6-20,22H,5,21H2,1-4H3,(H,38,41). The Morgan fingerprint density at radius 1 is 1.00 bits per heavy atom. The molecule has 0 bridgehead atoms. The fraction of sp³-hybridized carbons (Fsp3) is 0.200. The molecule has 0 aliphatic rings. The predicted molar refractivity (Wildman–Crippen MR) is 171 cm³/mol. The fourth-order valence-electron chi connectivity index (χ4n) is 4.81. The Morgan fingerprint density at radius 2 is 1.73 bits per heavy atom. The van der Waals surface area contributed by atoms with Gasteiger partial charge >= 0.3 is 0 Å². The maximum absolute atomic E-state index is 14.0. The molecule has 5 aromatic rings. The summed E-state index contributed by atoms with van der Waals surface area (Å²) in [7, 11) is 0. The van der Waals surface area contributed by atoms with Crippen molar-refractivity contribution in [1.82, 2.24) is 9.66 Å². The summed E-state index contributed by atoms with van der Waals surface area (Å²) in [5.41, 5.74) is 3.46. The highest BCUT2D eigenvalue weighted by Crippen LogP contribution is 2.34. The van der Waals surface area contributed by atoms with Gasteiger partial charge in [0.05, 0.1) is 29.4 Å². The van der Waals surface area contributed by atoms with Gasteiger partial charge in [-0.2, -0.15) is 9.78 Å². The van der Waals surface area contributed by atoms with Gasteiger partial charge in [0.25, 0.3) is 11.5 Å². The second-order valence-corrected chi connectivity index (χ2v) is 10.5. The summed E-state index contributed by atoms with van der Waals surface area (Å²) in [4.78, 5) is 31.2. The van der Waals surface area contributed by atoms with Gasteiger partial charge < -0.3 is 14.8 Å². The Kier molecular flexibility index (Phi) is 9.14. The molecular formula is C35H33FN4O4. The minimum Gasteiger partial charge on any atom is -0.494 e. The molecule has 0 aliphatic carbocycles. The van der Waals surface area contributed by atoms with Crippen molar-refractivity contribution in [1.29, 1.82) is 0 Å². The van der Waals surface area contributed by atoms with Crippen LogP contribution in [0.1, 0.15) is 43.4 Å². The van der Waals surface area contributed by atoms with Gasteiger partial charge in [0.1, 0.15) is 17.3 Å². The zero-order chi connectivity index (χ0) is 31.2. The van der Waals surface area contributed by atoms with Gasteiger partial charge in [-0.1, -0.05) is 50.2 Å². The zero-order valence-electron chi connectivity index (χ0n) is 25.0. The van der Waals surface area contributed by atoms with E-state index in [0.717, 1.165) is 22.4 Å². The van der Waals surface area contributed by atoms with Gasteiger partial charge in [0.15, 0.2) is 12.4 Å². The molecule has 0 saturated heterocycles. The molecule has 1 N–H and O–H groups in total. The molecule has 44 heavy (non-hydrogen) atoms. The predicted octanol–water partition coefficient (Wildman–Crippen LogP) is 6.93. The molecule has 9 heteroatoms. The van der Waals surface area contributed by atoms with Crippen molar-refractivity contribution in [2.45, 2.75) is 33.6 Å². The van der Waals surface area contributed by atoms with Gasteiger partial charge in [0.2, 0.25) is 0 Å². The van der Waals surface area contributed by atoms with E-state index in [0.29, 0.717) is 34.6 Å². The van der Waals surface area contributed by atoms with Gasteiger partial charge in [0, 0.05) is 11.1 Å². The number of hydrogen-bond donors (Lipinski definition) is 1. The van der Waals surface area contributed by atoms with E-state index in [9.17, 15) is 14.0 Å². The van der Waals surface area contributed by atoms with Gasteiger partial charge in [-0.3, -0.25) is 9.59 Å². The SMILES string of the molecule is CCOc1cc(C)c(-c2nc3ccccc3c(=O)n2N=Cc2ccccc2OCC(=O)Nc2ccccc2F)cc1C(C)C. The number of nitrogens with one attached hydrogen (secondary N) is 1. The number of carbonyl (C=O) groups excluding carboxylic acids is 1. The normalized spacial score (nSPS) is 11.3. The molecule has 0 fully saturated rings. The molecule has 0 aliphatic heterocycles. The number of nitrogens with zero attached hydrogens (tertiary/aromatic N) is 3. The number of ether oxygens (including phenoxy) is 2. The lowest BCUT2D eigenvalue weighted by atomic mass is 9.96. The lowest BCUT2D eigenvalue weighted by molar-refractivity contribution is -0.118. The van der Waals surface area contributed by atoms with E-state index < -0.39 is 11.7 Å². The molecule has 1 heterocycles. The third-order valence-corrected chi connectivity index (χ3v) is 7.01. The van der Waals surface area contributed by atoms with Crippen LogP contribution in [0.15, 0.2) is 94.8 Å². The van der Waals surface area contributed by atoms with Crippen LogP contribution in [0.5, 0.6) is 11.5 Å². The Hall–Kier alpha value is -5.31. The first-order valence-electron chi connectivity index (χ1n) is 14.4. The Bertz CT molecular complexity index is 1920. The molecule has 5 rings (SSSR count). The molecule has 0 atom stereocenters. The van der Waals surface area contributed by atoms with Gasteiger partial charge in [-0.25, -0.2) is 9.37 Å². The average molecular weight is 593 g/mol. The van der Waals surface area contributed by atoms with E-state index >= 15 is 0 Å². The Balaban J connectivity index is 1.53. The smallest absolute Gasteiger partial charge is 0.282 e. The highest BCUT2D eigenvalue weighted by atomic mass is 19.1. The van der Waals surface area contributed by atoms with Crippen molar-refractivity contribution >= 4 is 28.7 Å². The molecule has 8 nitrogen and oxygen atoms in total. The second-order valence-electron chi connectivity index (χ2n) is 10.5. The number of para-hydroxylation sites is 3. The topological polar surface area (TPSA) is 94.8 Å². The molecular weight excluding hydrogens is 559 g/mol. The number of anilines is 1. The third kappa shape index (κ3) is 6.52. The second kappa shape index (κ2) is 13.3. The van der Waals surface area contributed by atoms with Crippen molar-refractivity contribution in [3.8, 4) is 22.9 Å². The highest BCUT2D eigenvalue weighted by Gasteiger charge is 2.19. The van der Waals surface area contributed by atoms with Crippen molar-refractivity contribution in [2.24, 2.45) is 5.10 Å². The van der Waals surface area contributed by atoms with Crippen LogP contribution in [0.4, 0.5) is 10.1 Å². The van der Waals surface area contributed by atoms with Gasteiger partial charge in [-0.05, 0) is 79.4 Å². The molecule has 1 amide bonds. The summed E-state index contributed by atoms with van der Waals surface area (Å²) >= 11 is 0. The zero-order valence-corrected chi connectivity index (χ0v) is 25.0. The van der Waals surface area contributed by atoms with Crippen molar-refractivity contribution in [3.05, 3.63) is 118 Å². The number of carbonyl (C=O) groups is 1. The van der Waals surface area contributed by atoms with E-state index in [1.165, 1.54) is 23.0 Å². The summed E-state index contributed by atoms with van der Waals surface area (Å²) in [6.07, 6.45) is 1.50. The number of fused-ring (bicyclic) bond motifs is 1. The molecule has 0 saturated carbocycles. The number of halogens is 1. The van der Waals surface area contributed by atoms with Crippen LogP contribution in [-0.2, 0) is 4.79 Å². The summed E-state index contributed by atoms with van der Waals surface area (Å²) < 4.78 is 26.9. The lowest BCUT2D eigenvalue weighted by Crippen LogP contribution is -2.21. The third-order valence-electron chi connectivity index (χ3n) is 7.01. The van der Waals surface area contributed by atoms with Crippen LogP contribution in [-0.4, -0.2) is 35.0 Å². The van der Waals surface area contributed by atoms with E-state index in [1.807, 2.05) is 32.0 Å². The molecule has 1 aromatic heterocycles. The molecule has 4 aromatic carbocycles. The molecule has 0 radical (unpaired) electrons.